The van der Waals surface area contributed by atoms with Crippen molar-refractivity contribution in [3.63, 3.8) is 0 Å². The number of sulfone groups is 1. The number of hydrogen-bond donors (Lipinski definition) is 1. The van der Waals surface area contributed by atoms with Crippen LogP contribution in [-0.2, 0) is 22.0 Å². The molecule has 0 spiro atoms. The second-order valence-electron chi connectivity index (χ2n) is 9.51. The summed E-state index contributed by atoms with van der Waals surface area (Å²) in [5.41, 5.74) is 2.20. The van der Waals surface area contributed by atoms with Gasteiger partial charge in [0, 0.05) is 51.6 Å². The van der Waals surface area contributed by atoms with Gasteiger partial charge in [-0.2, -0.15) is 0 Å². The molecule has 1 aromatic heterocycles. The molecule has 3 rings (SSSR count). The zero-order valence-corrected chi connectivity index (χ0v) is 21.0. The fourth-order valence-corrected chi connectivity index (χ4v) is 5.28. The molecular weight excluding hydrogens is 438 g/mol. The number of aryl methyl sites for hydroxylation is 1. The van der Waals surface area contributed by atoms with Gasteiger partial charge in [-0.1, -0.05) is 19.9 Å². The van der Waals surface area contributed by atoms with E-state index in [0.29, 0.717) is 37.1 Å². The summed E-state index contributed by atoms with van der Waals surface area (Å²) in [6.45, 7) is 19.2. The van der Waals surface area contributed by atoms with Crippen LogP contribution in [0.25, 0.3) is 4.85 Å². The monoisotopic (exact) mass is 471 g/mol. The summed E-state index contributed by atoms with van der Waals surface area (Å²) in [4.78, 5) is 17.6. The minimum atomic E-state index is -3.45. The molecule has 1 fully saturated rings. The zero-order valence-electron chi connectivity index (χ0n) is 20.2. The smallest absolute Gasteiger partial charge is 0.255 e. The zero-order chi connectivity index (χ0) is 24.6. The van der Waals surface area contributed by atoms with E-state index in [-0.39, 0.29) is 17.5 Å². The number of nitrogens with zero attached hydrogens (tertiary/aromatic N) is 5. The van der Waals surface area contributed by atoms with Gasteiger partial charge in [-0.25, -0.2) is 25.0 Å². The maximum absolute atomic E-state index is 12.2. The first-order valence-corrected chi connectivity index (χ1v) is 13.0. The summed E-state index contributed by atoms with van der Waals surface area (Å²) >= 11 is 0. The lowest BCUT2D eigenvalue weighted by molar-refractivity contribution is 0.278. The van der Waals surface area contributed by atoms with Crippen LogP contribution in [0.2, 0.25) is 0 Å². The van der Waals surface area contributed by atoms with Gasteiger partial charge in [0.2, 0.25) is 5.95 Å². The number of hydrogen-bond acceptors (Lipinski definition) is 7. The first kappa shape index (κ1) is 24.9. The number of aromatic nitrogens is 2. The molecule has 33 heavy (non-hydrogen) atoms. The molecule has 0 aliphatic carbocycles. The summed E-state index contributed by atoms with van der Waals surface area (Å²) in [5.74, 6) is 0.963. The number of aliphatic hydroxyl groups excluding tert-OH is 1. The van der Waals surface area contributed by atoms with Gasteiger partial charge >= 0.3 is 0 Å². The van der Waals surface area contributed by atoms with E-state index in [0.717, 1.165) is 16.9 Å². The Hall–Kier alpha value is -2.70. The number of anilines is 2. The van der Waals surface area contributed by atoms with E-state index in [2.05, 4.69) is 33.5 Å². The van der Waals surface area contributed by atoms with Gasteiger partial charge in [0.25, 0.3) is 5.54 Å². The summed E-state index contributed by atoms with van der Waals surface area (Å²) in [5, 5.41) is 9.55. The topological polar surface area (TPSA) is 91.0 Å². The molecule has 2 aromatic rings. The van der Waals surface area contributed by atoms with Gasteiger partial charge in [-0.05, 0) is 30.5 Å². The summed E-state index contributed by atoms with van der Waals surface area (Å²) < 4.78 is 24.5. The van der Waals surface area contributed by atoms with Crippen LogP contribution in [-0.4, -0.2) is 55.4 Å². The molecule has 9 heteroatoms. The maximum Gasteiger partial charge on any atom is 0.255 e. The van der Waals surface area contributed by atoms with Crippen molar-refractivity contribution in [2.24, 2.45) is 5.92 Å². The fraction of sp³-hybridized carbons (Fsp3) is 0.542. The van der Waals surface area contributed by atoms with Crippen LogP contribution in [0.5, 0.6) is 0 Å². The van der Waals surface area contributed by atoms with Crippen molar-refractivity contribution in [1.29, 1.82) is 0 Å². The van der Waals surface area contributed by atoms with Crippen molar-refractivity contribution in [2.45, 2.75) is 57.7 Å². The minimum absolute atomic E-state index is 0.122. The molecule has 0 bridgehead atoms. The van der Waals surface area contributed by atoms with Crippen LogP contribution in [0.15, 0.2) is 29.3 Å². The second kappa shape index (κ2) is 9.27. The van der Waals surface area contributed by atoms with Crippen LogP contribution in [0.1, 0.15) is 44.5 Å². The lowest BCUT2D eigenvalue weighted by Crippen LogP contribution is -2.56. The van der Waals surface area contributed by atoms with Crippen LogP contribution in [0, 0.1) is 19.4 Å². The molecule has 1 aliphatic heterocycles. The van der Waals surface area contributed by atoms with Crippen molar-refractivity contribution in [3.8, 4) is 0 Å². The van der Waals surface area contributed by atoms with E-state index in [9.17, 15) is 13.5 Å². The highest BCUT2D eigenvalue weighted by atomic mass is 32.2. The summed E-state index contributed by atoms with van der Waals surface area (Å²) in [6.07, 6.45) is 2.93. The SMILES string of the molecule is [C-]#[N+]C(C)(C)c1cnc(N2CCN(c3ccc(CO)c(S(C)(=O)=O)c3)C[C@H]2C(C)C)nc1C. The lowest BCUT2D eigenvalue weighted by Gasteiger charge is -2.44. The van der Waals surface area contributed by atoms with Crippen LogP contribution < -0.4 is 9.80 Å². The molecule has 0 amide bonds. The Morgan fingerprint density at radius 3 is 2.55 bits per heavy atom. The molecule has 0 unspecified atom stereocenters. The number of rotatable bonds is 6. The van der Waals surface area contributed by atoms with E-state index >= 15 is 0 Å². The molecule has 1 atom stereocenters. The molecule has 1 aliphatic rings. The molecule has 0 saturated carbocycles. The third-order valence-corrected chi connectivity index (χ3v) is 7.51. The van der Waals surface area contributed by atoms with Gasteiger partial charge in [0.1, 0.15) is 0 Å². The van der Waals surface area contributed by atoms with Gasteiger partial charge in [-0.3, -0.25) is 0 Å². The van der Waals surface area contributed by atoms with Gasteiger partial charge < -0.3 is 19.8 Å². The summed E-state index contributed by atoms with van der Waals surface area (Å²) in [6, 6.07) is 5.34. The number of benzene rings is 1. The highest BCUT2D eigenvalue weighted by molar-refractivity contribution is 7.90. The Morgan fingerprint density at radius 2 is 2.00 bits per heavy atom. The fourth-order valence-electron chi connectivity index (χ4n) is 4.33. The Labute approximate surface area is 197 Å². The quantitative estimate of drug-likeness (QED) is 0.647. The van der Waals surface area contributed by atoms with Gasteiger partial charge in [-0.15, -0.1) is 0 Å². The molecule has 1 N–H and O–H groups in total. The summed E-state index contributed by atoms with van der Waals surface area (Å²) in [7, 11) is -3.45. The molecule has 1 aromatic carbocycles. The van der Waals surface area contributed by atoms with Crippen molar-refractivity contribution < 1.29 is 13.5 Å². The molecule has 0 radical (unpaired) electrons. The van der Waals surface area contributed by atoms with Gasteiger partial charge in [0.05, 0.1) is 28.8 Å². The third-order valence-electron chi connectivity index (χ3n) is 6.34. The van der Waals surface area contributed by atoms with E-state index in [1.54, 1.807) is 18.3 Å². The average Bonchev–Trinajstić information content (AvgIpc) is 2.77. The normalized spacial score (nSPS) is 17.4. The highest BCUT2D eigenvalue weighted by Gasteiger charge is 2.34. The van der Waals surface area contributed by atoms with E-state index in [4.69, 9.17) is 11.6 Å². The Morgan fingerprint density at radius 1 is 1.30 bits per heavy atom. The van der Waals surface area contributed by atoms with Crippen molar-refractivity contribution in [1.82, 2.24) is 9.97 Å². The Bertz CT molecular complexity index is 1170. The van der Waals surface area contributed by atoms with Crippen LogP contribution in [0.4, 0.5) is 11.6 Å². The predicted octanol–water partition coefficient (Wildman–Crippen LogP) is 3.19. The standard InChI is InChI=1S/C24H33N5O3S/c1-16(2)21-14-28(19-9-8-18(15-30)22(12-19)33(7,31)32)10-11-29(21)23-26-13-20(17(3)27-23)24(4,5)25-6/h8-9,12-13,16,21,30H,10-11,14-15H2,1-5,7H3/t21-/m0/s1. The van der Waals surface area contributed by atoms with Gasteiger partial charge in [0.15, 0.2) is 9.84 Å². The Kier molecular flexibility index (Phi) is 7.01. The molecule has 8 nitrogen and oxygen atoms in total. The maximum atomic E-state index is 12.2. The molecule has 2 heterocycles. The number of aliphatic hydroxyl groups is 1. The molecule has 1 saturated heterocycles. The minimum Gasteiger partial charge on any atom is -0.392 e. The first-order valence-electron chi connectivity index (χ1n) is 11.1. The Balaban J connectivity index is 1.91. The van der Waals surface area contributed by atoms with Crippen molar-refractivity contribution in [2.75, 3.05) is 35.7 Å². The van der Waals surface area contributed by atoms with E-state index < -0.39 is 15.4 Å². The number of piperazine rings is 1. The van der Waals surface area contributed by atoms with Crippen molar-refractivity contribution >= 4 is 21.5 Å². The van der Waals surface area contributed by atoms with Crippen LogP contribution in [0.3, 0.4) is 0 Å². The van der Waals surface area contributed by atoms with Crippen LogP contribution >= 0.6 is 0 Å². The highest BCUT2D eigenvalue weighted by Crippen LogP contribution is 2.31. The average molecular weight is 472 g/mol. The third kappa shape index (κ3) is 5.12. The van der Waals surface area contributed by atoms with Crippen molar-refractivity contribution in [3.05, 3.63) is 52.6 Å². The van der Waals surface area contributed by atoms with E-state index in [1.807, 2.05) is 26.8 Å². The molecule has 178 valence electrons. The first-order chi connectivity index (χ1) is 15.4. The second-order valence-corrected chi connectivity index (χ2v) is 11.5. The van der Waals surface area contributed by atoms with E-state index in [1.165, 1.54) is 6.26 Å². The largest absolute Gasteiger partial charge is 0.392 e. The molecular formula is C24H33N5O3S. The lowest BCUT2D eigenvalue weighted by atomic mass is 9.95. The predicted molar refractivity (Wildman–Crippen MR) is 130 cm³/mol.